The number of allylic oxidation sites excluding steroid dienone is 6. The third-order valence-corrected chi connectivity index (χ3v) is 8.98. The molecule has 5 heteroatoms. The minimum absolute atomic E-state index is 0.0651. The summed E-state index contributed by atoms with van der Waals surface area (Å²) in [6.45, 7) is 8.40. The van der Waals surface area contributed by atoms with Crippen LogP contribution in [0.15, 0.2) is 65.9 Å². The van der Waals surface area contributed by atoms with Gasteiger partial charge in [-0.3, -0.25) is 14.4 Å². The van der Waals surface area contributed by atoms with Crippen LogP contribution in [0, 0.1) is 29.1 Å². The van der Waals surface area contributed by atoms with E-state index >= 15 is 0 Å². The zero-order chi connectivity index (χ0) is 26.3. The van der Waals surface area contributed by atoms with E-state index in [1.54, 1.807) is 0 Å². The summed E-state index contributed by atoms with van der Waals surface area (Å²) in [6.07, 6.45) is 12.7. The quantitative estimate of drug-likeness (QED) is 0.401. The fourth-order valence-corrected chi connectivity index (χ4v) is 7.15. The van der Waals surface area contributed by atoms with Crippen molar-refractivity contribution in [2.24, 2.45) is 29.1 Å². The molecule has 5 rings (SSSR count). The molecule has 5 nitrogen and oxygen atoms in total. The first-order valence-corrected chi connectivity index (χ1v) is 13.6. The first-order valence-electron chi connectivity index (χ1n) is 13.6. The summed E-state index contributed by atoms with van der Waals surface area (Å²) < 4.78 is 0. The van der Waals surface area contributed by atoms with Crippen molar-refractivity contribution in [3.8, 4) is 0 Å². The van der Waals surface area contributed by atoms with Crippen molar-refractivity contribution in [2.45, 2.75) is 65.8 Å². The van der Waals surface area contributed by atoms with Gasteiger partial charge in [-0.2, -0.15) is 0 Å². The minimum Gasteiger partial charge on any atom is -0.361 e. The minimum atomic E-state index is -1.19. The third kappa shape index (κ3) is 4.43. The number of carbonyl (C=O) groups excluding carboxylic acids is 3. The maximum absolute atomic E-state index is 14.2. The van der Waals surface area contributed by atoms with Crippen molar-refractivity contribution in [3.63, 3.8) is 0 Å². The lowest BCUT2D eigenvalue weighted by molar-refractivity contribution is -0.146. The van der Waals surface area contributed by atoms with Crippen LogP contribution in [0.5, 0.6) is 0 Å². The number of aromatic nitrogens is 1. The van der Waals surface area contributed by atoms with Crippen molar-refractivity contribution in [3.05, 3.63) is 71.5 Å². The SMILES string of the molecule is CC1=C[C@@H](C)CC=C[C@H]2C=C(C)[C@@H](C)[C@H]3[C@H](Cc4c[nH]c5ccccc45)NC(=O)[C@@]23C(=O)CCC(=O)C1. The molecular weight excluding hydrogens is 460 g/mol. The predicted molar refractivity (Wildman–Crippen MR) is 147 cm³/mol. The highest BCUT2D eigenvalue weighted by Gasteiger charge is 2.64. The number of nitrogens with one attached hydrogen (secondary N) is 2. The Morgan fingerprint density at radius 3 is 2.62 bits per heavy atom. The third-order valence-electron chi connectivity index (χ3n) is 8.98. The molecule has 1 spiro atoms. The fraction of sp³-hybridized carbons (Fsp3) is 0.469. The van der Waals surface area contributed by atoms with Crippen LogP contribution >= 0.6 is 0 Å². The largest absolute Gasteiger partial charge is 0.361 e. The van der Waals surface area contributed by atoms with Gasteiger partial charge >= 0.3 is 0 Å². The Morgan fingerprint density at radius 1 is 1.03 bits per heavy atom. The molecule has 2 heterocycles. The van der Waals surface area contributed by atoms with Gasteiger partial charge in [0.05, 0.1) is 0 Å². The van der Waals surface area contributed by atoms with Gasteiger partial charge in [0.2, 0.25) is 5.91 Å². The summed E-state index contributed by atoms with van der Waals surface area (Å²) in [5, 5.41) is 4.43. The number of Topliss-reactive ketones (excluding diaryl/α,β-unsaturated/α-hetero) is 2. The summed E-state index contributed by atoms with van der Waals surface area (Å²) in [4.78, 5) is 44.3. The van der Waals surface area contributed by atoms with Crippen LogP contribution in [-0.4, -0.2) is 28.5 Å². The predicted octanol–water partition coefficient (Wildman–Crippen LogP) is 5.87. The number of benzene rings is 1. The van der Waals surface area contributed by atoms with Gasteiger partial charge in [-0.15, -0.1) is 0 Å². The lowest BCUT2D eigenvalue weighted by Crippen LogP contribution is -2.52. The van der Waals surface area contributed by atoms with E-state index in [0.29, 0.717) is 12.8 Å². The Morgan fingerprint density at radius 2 is 1.81 bits per heavy atom. The van der Waals surface area contributed by atoms with E-state index in [2.05, 4.69) is 67.5 Å². The summed E-state index contributed by atoms with van der Waals surface area (Å²) in [7, 11) is 0. The Balaban J connectivity index is 1.57. The molecule has 2 N–H and O–H groups in total. The highest BCUT2D eigenvalue weighted by molar-refractivity contribution is 6.10. The van der Waals surface area contributed by atoms with E-state index in [4.69, 9.17) is 0 Å². The number of para-hydroxylation sites is 1. The van der Waals surface area contributed by atoms with Crippen molar-refractivity contribution < 1.29 is 14.4 Å². The van der Waals surface area contributed by atoms with Crippen LogP contribution in [0.4, 0.5) is 0 Å². The van der Waals surface area contributed by atoms with E-state index in [-0.39, 0.29) is 60.0 Å². The van der Waals surface area contributed by atoms with Gasteiger partial charge in [0.1, 0.15) is 17.0 Å². The molecule has 2 aliphatic carbocycles. The average molecular weight is 499 g/mol. The molecule has 0 radical (unpaired) electrons. The number of ketones is 2. The smallest absolute Gasteiger partial charge is 0.235 e. The Kier molecular flexibility index (Phi) is 6.82. The van der Waals surface area contributed by atoms with Crippen LogP contribution < -0.4 is 5.32 Å². The van der Waals surface area contributed by atoms with Gasteiger partial charge < -0.3 is 10.3 Å². The number of H-pyrrole nitrogens is 1. The average Bonchev–Trinajstić information content (AvgIpc) is 3.39. The summed E-state index contributed by atoms with van der Waals surface area (Å²) >= 11 is 0. The molecule has 1 fully saturated rings. The topological polar surface area (TPSA) is 79.0 Å². The second-order valence-electron chi connectivity index (χ2n) is 11.6. The van der Waals surface area contributed by atoms with Crippen LogP contribution in [0.1, 0.15) is 58.9 Å². The Labute approximate surface area is 219 Å². The number of hydrogen-bond acceptors (Lipinski definition) is 3. The highest BCUT2D eigenvalue weighted by atomic mass is 16.2. The maximum atomic E-state index is 14.2. The molecule has 37 heavy (non-hydrogen) atoms. The van der Waals surface area contributed by atoms with Gasteiger partial charge in [0.25, 0.3) is 0 Å². The van der Waals surface area contributed by atoms with E-state index in [9.17, 15) is 14.4 Å². The molecule has 0 saturated carbocycles. The highest BCUT2D eigenvalue weighted by Crippen LogP contribution is 2.55. The normalized spacial score (nSPS) is 33.0. The van der Waals surface area contributed by atoms with Gasteiger partial charge in [0.15, 0.2) is 0 Å². The van der Waals surface area contributed by atoms with Gasteiger partial charge in [-0.25, -0.2) is 0 Å². The molecule has 1 saturated heterocycles. The molecule has 2 aromatic rings. The molecule has 194 valence electrons. The van der Waals surface area contributed by atoms with Crippen LogP contribution in [0.2, 0.25) is 0 Å². The van der Waals surface area contributed by atoms with E-state index in [1.807, 2.05) is 25.3 Å². The molecule has 1 aromatic heterocycles. The number of aromatic amines is 1. The van der Waals surface area contributed by atoms with Gasteiger partial charge in [-0.05, 0) is 50.2 Å². The zero-order valence-corrected chi connectivity index (χ0v) is 22.3. The molecular formula is C32H38N2O3. The van der Waals surface area contributed by atoms with E-state index in [1.165, 1.54) is 5.57 Å². The van der Waals surface area contributed by atoms with E-state index < -0.39 is 5.41 Å². The van der Waals surface area contributed by atoms with Crippen molar-refractivity contribution in [1.29, 1.82) is 0 Å². The zero-order valence-electron chi connectivity index (χ0n) is 22.3. The first-order chi connectivity index (χ1) is 17.7. The first kappa shape index (κ1) is 25.4. The number of amides is 1. The van der Waals surface area contributed by atoms with Crippen molar-refractivity contribution in [2.75, 3.05) is 0 Å². The number of rotatable bonds is 2. The summed E-state index contributed by atoms with van der Waals surface area (Å²) in [5.74, 6) is -0.356. The molecule has 0 unspecified atom stereocenters. The molecule has 1 aromatic carbocycles. The Bertz CT molecular complexity index is 1330. The van der Waals surface area contributed by atoms with Crippen molar-refractivity contribution >= 4 is 28.4 Å². The monoisotopic (exact) mass is 498 g/mol. The lowest BCUT2D eigenvalue weighted by atomic mass is 9.54. The van der Waals surface area contributed by atoms with Gasteiger partial charge in [0, 0.05) is 54.2 Å². The molecule has 6 atom stereocenters. The molecule has 1 amide bonds. The Hall–Kier alpha value is -3.21. The van der Waals surface area contributed by atoms with Gasteiger partial charge in [-0.1, -0.05) is 67.5 Å². The number of hydrogen-bond donors (Lipinski definition) is 2. The van der Waals surface area contributed by atoms with Crippen LogP contribution in [-0.2, 0) is 20.8 Å². The van der Waals surface area contributed by atoms with Crippen LogP contribution in [0.3, 0.4) is 0 Å². The molecule has 3 aliphatic rings. The number of carbonyl (C=O) groups is 3. The second kappa shape index (κ2) is 9.92. The standard InChI is InChI=1S/C32H38N2O3/c1-19-8-7-9-24-16-21(3)22(4)30-28(17-23-18-33-27-11-6-5-10-26(23)27)34-31(37)32(24,30)29(36)13-12-25(35)15-20(2)14-19/h5-7,9-11,14,16,18-19,22,24,28,30,33H,8,12-13,15,17H2,1-4H3,(H,34,37)/t19-,22+,24-,28-,30-,32+/m0/s1. The summed E-state index contributed by atoms with van der Waals surface area (Å²) in [5.41, 5.74) is 3.29. The summed E-state index contributed by atoms with van der Waals surface area (Å²) in [6, 6.07) is 8.02. The lowest BCUT2D eigenvalue weighted by Gasteiger charge is -2.44. The molecule has 0 bridgehead atoms. The fourth-order valence-electron chi connectivity index (χ4n) is 7.15. The van der Waals surface area contributed by atoms with Crippen molar-refractivity contribution in [1.82, 2.24) is 10.3 Å². The molecule has 1 aliphatic heterocycles. The van der Waals surface area contributed by atoms with Crippen LogP contribution in [0.25, 0.3) is 10.9 Å². The van der Waals surface area contributed by atoms with E-state index in [0.717, 1.165) is 28.5 Å². The maximum Gasteiger partial charge on any atom is 0.235 e. The second-order valence-corrected chi connectivity index (χ2v) is 11.6. The number of fused-ring (bicyclic) bond motifs is 1.